The largest absolute Gasteiger partial charge is 0.371 e. The average Bonchev–Trinajstić information content (AvgIpc) is 3.62. The van der Waals surface area contributed by atoms with Crippen LogP contribution in [0.2, 0.25) is 0 Å². The van der Waals surface area contributed by atoms with Gasteiger partial charge in [0.05, 0.1) is 23.1 Å². The molecule has 3 aromatic heterocycles. The van der Waals surface area contributed by atoms with Gasteiger partial charge in [-0.2, -0.15) is 5.10 Å². The molecule has 7 nitrogen and oxygen atoms in total. The number of carbonyl (C=O) groups excluding carboxylic acids is 1. The summed E-state index contributed by atoms with van der Waals surface area (Å²) in [5.74, 6) is -0.162. The maximum absolute atomic E-state index is 12.6. The molecule has 39 heavy (non-hydrogen) atoms. The molecule has 192 valence electrons. The molecule has 0 aliphatic carbocycles. The molecule has 1 aliphatic heterocycles. The predicted molar refractivity (Wildman–Crippen MR) is 157 cm³/mol. The fourth-order valence-corrected chi connectivity index (χ4v) is 5.54. The van der Waals surface area contributed by atoms with Crippen molar-refractivity contribution in [3.63, 3.8) is 0 Å². The molecule has 7 rings (SSSR count). The normalized spacial score (nSPS) is 13.7. The van der Waals surface area contributed by atoms with Gasteiger partial charge >= 0.3 is 0 Å². The Morgan fingerprint density at radius 1 is 0.795 bits per heavy atom. The number of carbonyl (C=O) groups is 1. The average molecular weight is 513 g/mol. The summed E-state index contributed by atoms with van der Waals surface area (Å²) in [7, 11) is 0. The van der Waals surface area contributed by atoms with Crippen molar-refractivity contribution in [2.75, 3.05) is 23.3 Å². The van der Waals surface area contributed by atoms with E-state index in [0.29, 0.717) is 11.3 Å². The van der Waals surface area contributed by atoms with Gasteiger partial charge in [0.15, 0.2) is 0 Å². The minimum atomic E-state index is -0.162. The zero-order valence-corrected chi connectivity index (χ0v) is 21.4. The highest BCUT2D eigenvalue weighted by atomic mass is 16.1. The van der Waals surface area contributed by atoms with Crippen molar-refractivity contribution in [1.82, 2.24) is 20.2 Å². The molecular formula is C32H28N6O. The number of amides is 1. The second kappa shape index (κ2) is 9.76. The van der Waals surface area contributed by atoms with Crippen LogP contribution >= 0.6 is 0 Å². The lowest BCUT2D eigenvalue weighted by Crippen LogP contribution is -2.29. The van der Waals surface area contributed by atoms with Crippen molar-refractivity contribution in [2.45, 2.75) is 19.3 Å². The number of pyridine rings is 1. The first-order chi connectivity index (χ1) is 19.2. The Bertz CT molecular complexity index is 1800. The number of H-pyrrole nitrogens is 2. The Morgan fingerprint density at radius 3 is 2.54 bits per heavy atom. The molecule has 4 heterocycles. The maximum atomic E-state index is 12.6. The molecule has 1 amide bonds. The summed E-state index contributed by atoms with van der Waals surface area (Å²) in [6.07, 6.45) is 7.27. The van der Waals surface area contributed by atoms with Crippen LogP contribution in [0.1, 0.15) is 29.6 Å². The first-order valence-corrected chi connectivity index (χ1v) is 13.4. The molecule has 0 unspecified atom stereocenters. The first-order valence-electron chi connectivity index (χ1n) is 13.4. The fraction of sp³-hybridized carbons (Fsp3) is 0.156. The lowest BCUT2D eigenvalue weighted by atomic mass is 10.0. The van der Waals surface area contributed by atoms with Crippen molar-refractivity contribution in [2.24, 2.45) is 0 Å². The van der Waals surface area contributed by atoms with Crippen molar-refractivity contribution in [1.29, 1.82) is 0 Å². The smallest absolute Gasteiger partial charge is 0.255 e. The summed E-state index contributed by atoms with van der Waals surface area (Å²) in [5, 5.41) is 13.1. The zero-order chi connectivity index (χ0) is 26.2. The van der Waals surface area contributed by atoms with Crippen LogP contribution in [-0.2, 0) is 0 Å². The van der Waals surface area contributed by atoms with E-state index in [2.05, 4.69) is 60.7 Å². The summed E-state index contributed by atoms with van der Waals surface area (Å²) >= 11 is 0. The third-order valence-corrected chi connectivity index (χ3v) is 7.52. The highest BCUT2D eigenvalue weighted by Gasteiger charge is 2.17. The molecular weight excluding hydrogens is 484 g/mol. The number of piperidine rings is 1. The van der Waals surface area contributed by atoms with Crippen LogP contribution in [0.4, 0.5) is 11.4 Å². The molecule has 0 radical (unpaired) electrons. The molecule has 0 atom stereocenters. The minimum Gasteiger partial charge on any atom is -0.371 e. The molecule has 0 saturated carbocycles. The number of anilines is 2. The van der Waals surface area contributed by atoms with Crippen LogP contribution in [-0.4, -0.2) is 39.2 Å². The lowest BCUT2D eigenvalue weighted by Gasteiger charge is -2.29. The van der Waals surface area contributed by atoms with Crippen LogP contribution in [0.5, 0.6) is 0 Å². The Hall–Kier alpha value is -4.91. The van der Waals surface area contributed by atoms with Gasteiger partial charge in [0.1, 0.15) is 5.69 Å². The Balaban J connectivity index is 1.22. The molecule has 6 aromatic rings. The third-order valence-electron chi connectivity index (χ3n) is 7.52. The van der Waals surface area contributed by atoms with Gasteiger partial charge in [0.25, 0.3) is 5.91 Å². The minimum absolute atomic E-state index is 0.162. The summed E-state index contributed by atoms with van der Waals surface area (Å²) < 4.78 is 0. The molecule has 1 fully saturated rings. The molecule has 1 aliphatic rings. The highest BCUT2D eigenvalue weighted by molar-refractivity contribution is 6.04. The van der Waals surface area contributed by atoms with Gasteiger partial charge in [-0.25, -0.2) is 0 Å². The van der Waals surface area contributed by atoms with Gasteiger partial charge in [0, 0.05) is 52.4 Å². The summed E-state index contributed by atoms with van der Waals surface area (Å²) in [4.78, 5) is 23.1. The number of aromatic nitrogens is 4. The lowest BCUT2D eigenvalue weighted by molar-refractivity contribution is 0.102. The topological polar surface area (TPSA) is 89.7 Å². The number of hydrogen-bond acceptors (Lipinski definition) is 4. The van der Waals surface area contributed by atoms with Crippen LogP contribution in [0.15, 0.2) is 91.3 Å². The Labute approximate surface area is 225 Å². The molecule has 0 spiro atoms. The van der Waals surface area contributed by atoms with Gasteiger partial charge in [-0.3, -0.25) is 14.9 Å². The number of rotatable bonds is 5. The van der Waals surface area contributed by atoms with Crippen molar-refractivity contribution in [3.8, 4) is 22.5 Å². The summed E-state index contributed by atoms with van der Waals surface area (Å²) in [6, 6.07) is 26.0. The van der Waals surface area contributed by atoms with Gasteiger partial charge in [0.2, 0.25) is 0 Å². The number of nitrogens with zero attached hydrogens (tertiary/aromatic N) is 3. The number of nitrogens with one attached hydrogen (secondary N) is 3. The van der Waals surface area contributed by atoms with E-state index < -0.39 is 0 Å². The van der Waals surface area contributed by atoms with Gasteiger partial charge < -0.3 is 15.2 Å². The van der Waals surface area contributed by atoms with Crippen LogP contribution in [0, 0.1) is 0 Å². The van der Waals surface area contributed by atoms with E-state index in [1.165, 1.54) is 30.3 Å². The van der Waals surface area contributed by atoms with Crippen LogP contribution in [0.3, 0.4) is 0 Å². The van der Waals surface area contributed by atoms with Gasteiger partial charge in [-0.05, 0) is 73.4 Å². The van der Waals surface area contributed by atoms with E-state index in [9.17, 15) is 4.79 Å². The second-order valence-electron chi connectivity index (χ2n) is 10.1. The monoisotopic (exact) mass is 512 g/mol. The first kappa shape index (κ1) is 23.2. The Morgan fingerprint density at radius 2 is 1.67 bits per heavy atom. The Kier molecular flexibility index (Phi) is 5.81. The van der Waals surface area contributed by atoms with E-state index >= 15 is 0 Å². The van der Waals surface area contributed by atoms with Gasteiger partial charge in [-0.1, -0.05) is 30.3 Å². The van der Waals surface area contributed by atoms with Gasteiger partial charge in [-0.15, -0.1) is 0 Å². The van der Waals surface area contributed by atoms with E-state index in [-0.39, 0.29) is 5.91 Å². The highest BCUT2D eigenvalue weighted by Crippen LogP contribution is 2.35. The molecule has 1 saturated heterocycles. The van der Waals surface area contributed by atoms with E-state index in [0.717, 1.165) is 52.0 Å². The predicted octanol–water partition coefficient (Wildman–Crippen LogP) is 7.02. The second-order valence-corrected chi connectivity index (χ2v) is 10.1. The summed E-state index contributed by atoms with van der Waals surface area (Å²) in [5.41, 5.74) is 8.41. The third kappa shape index (κ3) is 4.42. The number of aromatic amines is 2. The van der Waals surface area contributed by atoms with E-state index in [4.69, 9.17) is 0 Å². The van der Waals surface area contributed by atoms with E-state index in [1.54, 1.807) is 18.3 Å². The maximum Gasteiger partial charge on any atom is 0.255 e. The number of benzene rings is 3. The standard InChI is InChI=1S/C32H28N6O/c39-32(21-8-3-1-4-9-21)34-24-16-23(19-33-20-24)22-12-13-28-26(17-22)31(37-36-28)29-18-25-27(35-29)10-7-11-30(25)38-14-5-2-6-15-38/h1,3-4,7-13,16-20,35H,2,5-6,14-15H2,(H,34,39)(H,36,37). The van der Waals surface area contributed by atoms with E-state index in [1.807, 2.05) is 42.6 Å². The molecule has 0 bridgehead atoms. The number of fused-ring (bicyclic) bond motifs is 2. The SMILES string of the molecule is O=C(Nc1cncc(-c2ccc3[nH]nc(-c4cc5c(N6CCCCC6)cccc5[nH]4)c3c2)c1)c1ccccc1. The summed E-state index contributed by atoms with van der Waals surface area (Å²) in [6.45, 7) is 2.21. The van der Waals surface area contributed by atoms with Crippen molar-refractivity contribution in [3.05, 3.63) is 96.8 Å². The molecule has 3 aromatic carbocycles. The molecule has 3 N–H and O–H groups in total. The quantitative estimate of drug-likeness (QED) is 0.232. The number of hydrogen-bond donors (Lipinski definition) is 3. The van der Waals surface area contributed by atoms with Crippen molar-refractivity contribution >= 4 is 39.1 Å². The molecule has 7 heteroatoms. The fourth-order valence-electron chi connectivity index (χ4n) is 5.54. The zero-order valence-electron chi connectivity index (χ0n) is 21.4. The van der Waals surface area contributed by atoms with Crippen molar-refractivity contribution < 1.29 is 4.79 Å². The van der Waals surface area contributed by atoms with Crippen LogP contribution in [0.25, 0.3) is 44.3 Å². The van der Waals surface area contributed by atoms with Crippen LogP contribution < -0.4 is 10.2 Å².